The third-order valence-corrected chi connectivity index (χ3v) is 0.905. The van der Waals surface area contributed by atoms with E-state index in [1.165, 1.54) is 6.33 Å². The molecule has 2 aromatic rings. The lowest BCUT2D eigenvalue weighted by Gasteiger charge is -1.67. The Morgan fingerprint density at radius 1 is 1.62 bits per heavy atom. The zero-order chi connectivity index (χ0) is 5.40. The second kappa shape index (κ2) is 1.06. The summed E-state index contributed by atoms with van der Waals surface area (Å²) in [6.07, 6.45) is 3.02. The molecule has 2 aromatic heterocycles. The molecule has 0 saturated carbocycles. The Labute approximate surface area is 44.4 Å². The lowest BCUT2D eigenvalue weighted by molar-refractivity contribution is 0.953. The minimum Gasteiger partial charge on any atom is -0.244 e. The summed E-state index contributed by atoms with van der Waals surface area (Å²) in [5.74, 6) is 0.671. The number of hydrogen-bond acceptors (Lipinski definition) is 3. The van der Waals surface area contributed by atoms with Crippen LogP contribution in [0.3, 0.4) is 0 Å². The van der Waals surface area contributed by atoms with Gasteiger partial charge in [0.1, 0.15) is 12.7 Å². The molecule has 5 heteroatoms. The number of aromatic amines is 1. The van der Waals surface area contributed by atoms with Crippen LogP contribution in [0.4, 0.5) is 0 Å². The summed E-state index contributed by atoms with van der Waals surface area (Å²) < 4.78 is 1.56. The second-order valence-electron chi connectivity index (χ2n) is 1.38. The molecule has 0 aromatic carbocycles. The van der Waals surface area contributed by atoms with Gasteiger partial charge in [-0.15, -0.1) is 0 Å². The lowest BCUT2D eigenvalue weighted by Crippen LogP contribution is -1.76. The summed E-state index contributed by atoms with van der Waals surface area (Å²) in [6.45, 7) is 0. The molecule has 1 N–H and O–H groups in total. The molecular formula is C3H3N5. The Morgan fingerprint density at radius 3 is 3.50 bits per heavy atom. The fourth-order valence-electron chi connectivity index (χ4n) is 0.556. The van der Waals surface area contributed by atoms with Crippen LogP contribution in [-0.2, 0) is 0 Å². The lowest BCUT2D eigenvalue weighted by atomic mass is 11.1. The van der Waals surface area contributed by atoms with Crippen molar-refractivity contribution in [1.29, 1.82) is 0 Å². The van der Waals surface area contributed by atoms with Gasteiger partial charge in [-0.1, -0.05) is 0 Å². The molecule has 0 amide bonds. The third-order valence-electron chi connectivity index (χ3n) is 0.905. The molecule has 0 atom stereocenters. The van der Waals surface area contributed by atoms with Gasteiger partial charge < -0.3 is 0 Å². The van der Waals surface area contributed by atoms with Crippen molar-refractivity contribution in [2.75, 3.05) is 0 Å². The molecule has 0 radical (unpaired) electrons. The molecular weight excluding hydrogens is 106 g/mol. The summed E-state index contributed by atoms with van der Waals surface area (Å²) in [4.78, 5) is 3.81. The van der Waals surface area contributed by atoms with Gasteiger partial charge in [0.25, 0.3) is 0 Å². The van der Waals surface area contributed by atoms with Crippen molar-refractivity contribution in [2.24, 2.45) is 0 Å². The van der Waals surface area contributed by atoms with Crippen molar-refractivity contribution >= 4 is 5.78 Å². The van der Waals surface area contributed by atoms with Crippen molar-refractivity contribution in [2.45, 2.75) is 0 Å². The number of aromatic nitrogens is 5. The van der Waals surface area contributed by atoms with Gasteiger partial charge >= 0.3 is 0 Å². The van der Waals surface area contributed by atoms with Gasteiger partial charge in [0.15, 0.2) is 0 Å². The monoisotopic (exact) mass is 109 g/mol. The maximum absolute atomic E-state index is 3.81. The molecule has 0 aliphatic carbocycles. The normalized spacial score (nSPS) is 10.5. The van der Waals surface area contributed by atoms with Crippen LogP contribution in [0, 0.1) is 0 Å². The van der Waals surface area contributed by atoms with Crippen LogP contribution in [0.5, 0.6) is 0 Å². The number of H-pyrrole nitrogens is 1. The Hall–Kier alpha value is -1.39. The molecule has 0 unspecified atom stereocenters. The molecule has 0 fully saturated rings. The molecule has 8 heavy (non-hydrogen) atoms. The average molecular weight is 109 g/mol. The van der Waals surface area contributed by atoms with E-state index in [0.717, 1.165) is 0 Å². The molecule has 0 aliphatic heterocycles. The fraction of sp³-hybridized carbons (Fsp3) is 0. The first-order valence-corrected chi connectivity index (χ1v) is 2.15. The van der Waals surface area contributed by atoms with Crippen molar-refractivity contribution in [3.05, 3.63) is 12.7 Å². The zero-order valence-corrected chi connectivity index (χ0v) is 3.94. The number of nitrogens with zero attached hydrogens (tertiary/aromatic N) is 4. The van der Waals surface area contributed by atoms with Gasteiger partial charge in [-0.05, 0) is 0 Å². The van der Waals surface area contributed by atoms with Crippen LogP contribution in [0.15, 0.2) is 12.7 Å². The Bertz CT molecular complexity index is 229. The van der Waals surface area contributed by atoms with E-state index in [0.29, 0.717) is 5.78 Å². The van der Waals surface area contributed by atoms with Crippen molar-refractivity contribution in [1.82, 2.24) is 24.8 Å². The van der Waals surface area contributed by atoms with Gasteiger partial charge in [-0.2, -0.15) is 19.7 Å². The smallest absolute Gasteiger partial charge is 0.244 e. The first kappa shape index (κ1) is 3.59. The van der Waals surface area contributed by atoms with E-state index >= 15 is 0 Å². The predicted molar refractivity (Wildman–Crippen MR) is 25.1 cm³/mol. The SMILES string of the molecule is c1nc2[nH]ncn2n1. The maximum atomic E-state index is 3.81. The number of fused-ring (bicyclic) bond motifs is 1. The number of rotatable bonds is 0. The zero-order valence-electron chi connectivity index (χ0n) is 3.94. The minimum atomic E-state index is 0.671. The van der Waals surface area contributed by atoms with Crippen molar-refractivity contribution in [3.8, 4) is 0 Å². The highest BCUT2D eigenvalue weighted by molar-refractivity contribution is 5.19. The van der Waals surface area contributed by atoms with Crippen LogP contribution in [0.25, 0.3) is 5.78 Å². The highest BCUT2D eigenvalue weighted by Gasteiger charge is 1.90. The largest absolute Gasteiger partial charge is 0.247 e. The quantitative estimate of drug-likeness (QED) is 0.494. The number of nitrogens with one attached hydrogen (secondary N) is 1. The number of hydrogen-bond donors (Lipinski definition) is 1. The van der Waals surface area contributed by atoms with Crippen LogP contribution in [-0.4, -0.2) is 24.8 Å². The molecule has 0 aliphatic rings. The van der Waals surface area contributed by atoms with E-state index in [-0.39, 0.29) is 0 Å². The molecule has 5 nitrogen and oxygen atoms in total. The van der Waals surface area contributed by atoms with E-state index in [4.69, 9.17) is 0 Å². The summed E-state index contributed by atoms with van der Waals surface area (Å²) in [6, 6.07) is 0. The van der Waals surface area contributed by atoms with Gasteiger partial charge in [0, 0.05) is 0 Å². The van der Waals surface area contributed by atoms with Gasteiger partial charge in [0.2, 0.25) is 5.78 Å². The van der Waals surface area contributed by atoms with E-state index < -0.39 is 0 Å². The standard InChI is InChI=1S/C3H3N5/c1-4-3-7-5-2-8(3)6-1/h1-2H,(H,4,6,7). The van der Waals surface area contributed by atoms with Crippen molar-refractivity contribution < 1.29 is 0 Å². The van der Waals surface area contributed by atoms with E-state index in [1.54, 1.807) is 10.8 Å². The highest BCUT2D eigenvalue weighted by Crippen LogP contribution is 1.84. The first-order chi connectivity index (χ1) is 3.97. The molecule has 0 bridgehead atoms. The Balaban J connectivity index is 3.06. The summed E-state index contributed by atoms with van der Waals surface area (Å²) in [5.41, 5.74) is 0. The molecule has 2 rings (SSSR count). The van der Waals surface area contributed by atoms with Crippen molar-refractivity contribution in [3.63, 3.8) is 0 Å². The third kappa shape index (κ3) is 0.281. The van der Waals surface area contributed by atoms with Crippen LogP contribution >= 0.6 is 0 Å². The maximum Gasteiger partial charge on any atom is 0.247 e. The molecule has 0 spiro atoms. The van der Waals surface area contributed by atoms with Gasteiger partial charge in [-0.25, -0.2) is 5.10 Å². The molecule has 40 valence electrons. The molecule has 2 heterocycles. The van der Waals surface area contributed by atoms with E-state index in [2.05, 4.69) is 20.3 Å². The van der Waals surface area contributed by atoms with Crippen LogP contribution in [0.2, 0.25) is 0 Å². The summed E-state index contributed by atoms with van der Waals surface area (Å²) >= 11 is 0. The van der Waals surface area contributed by atoms with Crippen LogP contribution < -0.4 is 0 Å². The van der Waals surface area contributed by atoms with Gasteiger partial charge in [0.05, 0.1) is 0 Å². The highest BCUT2D eigenvalue weighted by atomic mass is 15.4. The fourth-order valence-corrected chi connectivity index (χ4v) is 0.556. The van der Waals surface area contributed by atoms with E-state index in [9.17, 15) is 0 Å². The Kier molecular flexibility index (Phi) is 0.476. The summed E-state index contributed by atoms with van der Waals surface area (Å²) in [7, 11) is 0. The minimum absolute atomic E-state index is 0.671. The first-order valence-electron chi connectivity index (χ1n) is 2.15. The average Bonchev–Trinajstić information content (AvgIpc) is 2.15. The predicted octanol–water partition coefficient (Wildman–Crippen LogP) is -0.548. The van der Waals surface area contributed by atoms with Gasteiger partial charge in [-0.3, -0.25) is 0 Å². The Morgan fingerprint density at radius 2 is 2.62 bits per heavy atom. The molecule has 0 saturated heterocycles. The van der Waals surface area contributed by atoms with Crippen LogP contribution in [0.1, 0.15) is 0 Å². The summed E-state index contributed by atoms with van der Waals surface area (Å²) in [5, 5.41) is 10.1. The topological polar surface area (TPSA) is 58.9 Å². The van der Waals surface area contributed by atoms with E-state index in [1.807, 2.05) is 0 Å². The second-order valence-corrected chi connectivity index (χ2v) is 1.38.